The van der Waals surface area contributed by atoms with Crippen LogP contribution in [0.5, 0.6) is 0 Å². The van der Waals surface area contributed by atoms with E-state index in [0.29, 0.717) is 11.1 Å². The summed E-state index contributed by atoms with van der Waals surface area (Å²) in [5, 5.41) is 1.43. The molecule has 1 fully saturated rings. The van der Waals surface area contributed by atoms with Gasteiger partial charge in [0, 0.05) is 38.9 Å². The number of nitrogens with zero attached hydrogens (tertiary/aromatic N) is 2. The van der Waals surface area contributed by atoms with Crippen LogP contribution < -0.4 is 5.56 Å². The number of benzene rings is 2. The number of carbonyl (C=O) groups is 1. The predicted octanol–water partition coefficient (Wildman–Crippen LogP) is 5.06. The summed E-state index contributed by atoms with van der Waals surface area (Å²) in [6.45, 7) is 7.54. The molecule has 0 saturated carbocycles. The molecule has 34 heavy (non-hydrogen) atoms. The quantitative estimate of drug-likeness (QED) is 0.513. The molecule has 0 aliphatic carbocycles. The van der Waals surface area contributed by atoms with Gasteiger partial charge in [0.25, 0.3) is 5.56 Å². The summed E-state index contributed by atoms with van der Waals surface area (Å²) in [7, 11) is 3.75. The number of cyclic esters (lactones) is 1. The summed E-state index contributed by atoms with van der Waals surface area (Å²) in [6, 6.07) is 12.5. The van der Waals surface area contributed by atoms with Gasteiger partial charge in [0.2, 0.25) is 5.79 Å². The van der Waals surface area contributed by atoms with Crippen LogP contribution >= 0.6 is 0 Å². The van der Waals surface area contributed by atoms with Gasteiger partial charge in [0.05, 0.1) is 11.7 Å². The van der Waals surface area contributed by atoms with Gasteiger partial charge in [-0.1, -0.05) is 36.4 Å². The molecular formula is C28H30N2O4. The fourth-order valence-electron chi connectivity index (χ4n) is 5.08. The molecule has 2 aromatic carbocycles. The molecule has 1 saturated heterocycles. The number of hydrogen-bond donors (Lipinski definition) is 0. The van der Waals surface area contributed by atoms with Crippen LogP contribution in [0.3, 0.4) is 0 Å². The van der Waals surface area contributed by atoms with Crippen molar-refractivity contribution in [3.05, 3.63) is 81.4 Å². The van der Waals surface area contributed by atoms with E-state index in [1.165, 1.54) is 5.56 Å². The first-order valence-electron chi connectivity index (χ1n) is 11.6. The average Bonchev–Trinajstić information content (AvgIpc) is 3.33. The smallest absolute Gasteiger partial charge is 0.344 e. The van der Waals surface area contributed by atoms with Gasteiger partial charge in [0.1, 0.15) is 0 Å². The Morgan fingerprint density at radius 1 is 0.971 bits per heavy atom. The van der Waals surface area contributed by atoms with Crippen molar-refractivity contribution in [1.29, 1.82) is 0 Å². The molecule has 2 aliphatic heterocycles. The minimum absolute atomic E-state index is 0.158. The molecule has 2 unspecified atom stereocenters. The van der Waals surface area contributed by atoms with Crippen LogP contribution in [0, 0.1) is 13.8 Å². The summed E-state index contributed by atoms with van der Waals surface area (Å²) >= 11 is 0. The Bertz CT molecular complexity index is 1420. The molecule has 3 heterocycles. The number of rotatable bonds is 3. The maximum absolute atomic E-state index is 13.7. The van der Waals surface area contributed by atoms with Gasteiger partial charge in [0.15, 0.2) is 6.10 Å². The highest BCUT2D eigenvalue weighted by Gasteiger charge is 2.44. The van der Waals surface area contributed by atoms with Crippen LogP contribution in [0.25, 0.3) is 21.9 Å². The summed E-state index contributed by atoms with van der Waals surface area (Å²) in [4.78, 5) is 28.7. The van der Waals surface area contributed by atoms with Crippen LogP contribution in [-0.2, 0) is 21.3 Å². The summed E-state index contributed by atoms with van der Waals surface area (Å²) < 4.78 is 13.0. The van der Waals surface area contributed by atoms with Crippen molar-refractivity contribution in [1.82, 2.24) is 9.47 Å². The Balaban J connectivity index is 1.82. The molecule has 0 radical (unpaired) electrons. The number of pyridine rings is 1. The summed E-state index contributed by atoms with van der Waals surface area (Å²) in [6.07, 6.45) is 4.13. The lowest BCUT2D eigenvalue weighted by Crippen LogP contribution is -2.27. The van der Waals surface area contributed by atoms with E-state index in [-0.39, 0.29) is 11.6 Å². The van der Waals surface area contributed by atoms with Crippen molar-refractivity contribution in [3.8, 4) is 11.1 Å². The number of esters is 1. The van der Waals surface area contributed by atoms with Crippen molar-refractivity contribution in [3.63, 3.8) is 0 Å². The second kappa shape index (κ2) is 7.84. The van der Waals surface area contributed by atoms with E-state index in [4.69, 9.17) is 9.47 Å². The molecule has 0 bridgehead atoms. The summed E-state index contributed by atoms with van der Waals surface area (Å²) in [5.74, 6) is -1.54. The molecule has 5 rings (SSSR count). The van der Waals surface area contributed by atoms with Crippen molar-refractivity contribution in [2.24, 2.45) is 7.05 Å². The molecule has 3 aromatic rings. The minimum Gasteiger partial charge on any atom is -0.431 e. The van der Waals surface area contributed by atoms with Crippen molar-refractivity contribution < 1.29 is 14.3 Å². The van der Waals surface area contributed by atoms with Crippen molar-refractivity contribution in [2.45, 2.75) is 52.0 Å². The monoisotopic (exact) mass is 458 g/mol. The minimum atomic E-state index is -1.06. The first kappa shape index (κ1) is 22.4. The summed E-state index contributed by atoms with van der Waals surface area (Å²) in [5.41, 5.74) is 5.52. The number of ether oxygens (including phenoxy) is 2. The zero-order valence-electron chi connectivity index (χ0n) is 20.5. The SMILES string of the molecule is Cc1ccc(-c2c(C3OC(C)(C)OC3=O)n(C)c(=O)c3cc(C4CC=CN4C)ccc23)cc1C. The molecule has 0 spiro atoms. The van der Waals surface area contributed by atoms with Crippen LogP contribution in [-0.4, -0.2) is 28.3 Å². The topological polar surface area (TPSA) is 60.8 Å². The maximum Gasteiger partial charge on any atom is 0.344 e. The second-order valence-electron chi connectivity index (χ2n) is 9.85. The highest BCUT2D eigenvalue weighted by Crippen LogP contribution is 2.42. The number of aryl methyl sites for hydroxylation is 2. The molecule has 6 heteroatoms. The standard InChI is InChI=1S/C28H30N2O4/c1-16-9-10-19(14-17(16)2)23-20-12-11-18(22-8-7-13-29(22)5)15-21(20)26(31)30(6)24(23)25-27(32)34-28(3,4)33-25/h7,9-15,22,25H,8H2,1-6H3. The molecule has 0 N–H and O–H groups in total. The lowest BCUT2D eigenvalue weighted by atomic mass is 9.91. The molecule has 2 aliphatic rings. The predicted molar refractivity (Wildman–Crippen MR) is 132 cm³/mol. The second-order valence-corrected chi connectivity index (χ2v) is 9.85. The normalized spacial score (nSPS) is 21.5. The fraction of sp³-hybridized carbons (Fsp3) is 0.357. The van der Waals surface area contributed by atoms with Gasteiger partial charge in [-0.2, -0.15) is 0 Å². The van der Waals surface area contributed by atoms with E-state index in [9.17, 15) is 9.59 Å². The van der Waals surface area contributed by atoms with Gasteiger partial charge in [-0.15, -0.1) is 0 Å². The number of fused-ring (bicyclic) bond motifs is 1. The number of hydrogen-bond acceptors (Lipinski definition) is 5. The van der Waals surface area contributed by atoms with Crippen LogP contribution in [0.4, 0.5) is 0 Å². The lowest BCUT2D eigenvalue weighted by molar-refractivity contribution is -0.161. The molecular weight excluding hydrogens is 428 g/mol. The van der Waals surface area contributed by atoms with E-state index in [2.05, 4.69) is 49.2 Å². The number of carbonyl (C=O) groups excluding carboxylic acids is 1. The molecule has 6 nitrogen and oxygen atoms in total. The first-order chi connectivity index (χ1) is 16.1. The van der Waals surface area contributed by atoms with E-state index >= 15 is 0 Å². The van der Waals surface area contributed by atoms with Crippen LogP contribution in [0.2, 0.25) is 0 Å². The van der Waals surface area contributed by atoms with Gasteiger partial charge >= 0.3 is 5.97 Å². The first-order valence-corrected chi connectivity index (χ1v) is 11.6. The molecule has 0 amide bonds. The van der Waals surface area contributed by atoms with Crippen LogP contribution in [0.15, 0.2) is 53.5 Å². The van der Waals surface area contributed by atoms with Crippen molar-refractivity contribution >= 4 is 16.7 Å². The van der Waals surface area contributed by atoms with Gasteiger partial charge in [-0.25, -0.2) is 4.79 Å². The highest BCUT2D eigenvalue weighted by molar-refractivity contribution is 5.99. The Kier molecular flexibility index (Phi) is 5.17. The molecule has 176 valence electrons. The average molecular weight is 459 g/mol. The Morgan fingerprint density at radius 2 is 1.74 bits per heavy atom. The third-order valence-corrected chi connectivity index (χ3v) is 7.05. The van der Waals surface area contributed by atoms with Gasteiger partial charge < -0.3 is 18.9 Å². The third-order valence-electron chi connectivity index (χ3n) is 7.05. The zero-order chi connectivity index (χ0) is 24.4. The number of aromatic nitrogens is 1. The van der Waals surface area contributed by atoms with E-state index < -0.39 is 17.9 Å². The zero-order valence-corrected chi connectivity index (χ0v) is 20.5. The molecule has 2 atom stereocenters. The Hall–Kier alpha value is -3.38. The Labute approximate surface area is 199 Å². The molecule has 1 aromatic heterocycles. The van der Waals surface area contributed by atoms with E-state index in [0.717, 1.165) is 34.1 Å². The Morgan fingerprint density at radius 3 is 2.35 bits per heavy atom. The third kappa shape index (κ3) is 3.53. The van der Waals surface area contributed by atoms with Gasteiger partial charge in [-0.3, -0.25) is 4.79 Å². The maximum atomic E-state index is 13.7. The highest BCUT2D eigenvalue weighted by atomic mass is 16.8. The van der Waals surface area contributed by atoms with Crippen LogP contribution in [0.1, 0.15) is 54.8 Å². The fourth-order valence-corrected chi connectivity index (χ4v) is 5.08. The lowest BCUT2D eigenvalue weighted by Gasteiger charge is -2.24. The van der Waals surface area contributed by atoms with E-state index in [1.807, 2.05) is 25.2 Å². The largest absolute Gasteiger partial charge is 0.431 e. The van der Waals surface area contributed by atoms with Gasteiger partial charge in [-0.05, 0) is 60.2 Å². The van der Waals surface area contributed by atoms with Crippen molar-refractivity contribution in [2.75, 3.05) is 7.05 Å². The van der Waals surface area contributed by atoms with E-state index in [1.54, 1.807) is 25.5 Å².